The van der Waals surface area contributed by atoms with Crippen molar-refractivity contribution in [1.82, 2.24) is 4.67 Å². The molecule has 1 unspecified atom stereocenters. The van der Waals surface area contributed by atoms with Crippen LogP contribution < -0.4 is 5.50 Å². The van der Waals surface area contributed by atoms with Crippen molar-refractivity contribution in [1.29, 1.82) is 0 Å². The summed E-state index contributed by atoms with van der Waals surface area (Å²) in [5, 5.41) is 0. The zero-order chi connectivity index (χ0) is 10.9. The third-order valence-electron chi connectivity index (χ3n) is 2.14. The van der Waals surface area contributed by atoms with Gasteiger partial charge >= 0.3 is 0 Å². The highest BCUT2D eigenvalue weighted by Crippen LogP contribution is 2.49. The summed E-state index contributed by atoms with van der Waals surface area (Å²) < 4.78 is 7.89. The number of furan rings is 1. The summed E-state index contributed by atoms with van der Waals surface area (Å²) in [6.45, 7) is 8.03. The molecule has 0 aromatic carbocycles. The minimum absolute atomic E-state index is 0.149. The molecule has 0 saturated carbocycles. The number of halogens is 1. The van der Waals surface area contributed by atoms with Gasteiger partial charge in [-0.15, -0.1) is 0 Å². The van der Waals surface area contributed by atoms with E-state index in [1.54, 1.807) is 0 Å². The molecule has 0 spiro atoms. The lowest BCUT2D eigenvalue weighted by atomic mass is 10.1. The second-order valence-electron chi connectivity index (χ2n) is 4.34. The van der Waals surface area contributed by atoms with Crippen LogP contribution >= 0.6 is 22.3 Å². The molecule has 1 aromatic rings. The molecule has 80 valence electrons. The van der Waals surface area contributed by atoms with Crippen molar-refractivity contribution < 1.29 is 4.42 Å². The van der Waals surface area contributed by atoms with Crippen molar-refractivity contribution in [3.05, 3.63) is 17.9 Å². The van der Waals surface area contributed by atoms with Gasteiger partial charge in [0, 0.05) is 5.54 Å². The summed E-state index contributed by atoms with van der Waals surface area (Å²) in [4.78, 5) is 0. The van der Waals surface area contributed by atoms with Crippen LogP contribution in [-0.4, -0.2) is 17.3 Å². The molecule has 0 aliphatic carbocycles. The third-order valence-corrected chi connectivity index (χ3v) is 6.35. The van der Waals surface area contributed by atoms with E-state index in [4.69, 9.17) is 4.42 Å². The summed E-state index contributed by atoms with van der Waals surface area (Å²) >= 11 is 3.70. The van der Waals surface area contributed by atoms with Crippen molar-refractivity contribution in [3.63, 3.8) is 0 Å². The summed E-state index contributed by atoms with van der Waals surface area (Å²) in [6, 6.07) is 4.04. The average Bonchev–Trinajstić information content (AvgIpc) is 2.47. The Labute approximate surface area is 95.2 Å². The molecule has 0 radical (unpaired) electrons. The van der Waals surface area contributed by atoms with Gasteiger partial charge in [-0.1, -0.05) is 0 Å². The maximum Gasteiger partial charge on any atom is 0.152 e. The lowest BCUT2D eigenvalue weighted by Crippen LogP contribution is -2.34. The van der Waals surface area contributed by atoms with Gasteiger partial charge in [-0.05, 0) is 62.4 Å². The molecule has 0 amide bonds. The first-order valence-electron chi connectivity index (χ1n) is 4.58. The first kappa shape index (κ1) is 12.2. The average molecular weight is 278 g/mol. The van der Waals surface area contributed by atoms with Gasteiger partial charge in [0.1, 0.15) is 12.5 Å². The molecule has 1 atom stereocenters. The highest BCUT2D eigenvalue weighted by Gasteiger charge is 2.26. The number of nitrogens with zero attached hydrogens (tertiary/aromatic N) is 1. The predicted molar refractivity (Wildman–Crippen MR) is 66.4 cm³/mol. The minimum Gasteiger partial charge on any atom is -0.460 e. The Hall–Kier alpha value is 0.150. The summed E-state index contributed by atoms with van der Waals surface area (Å²) in [6.07, 6.45) is 0. The van der Waals surface area contributed by atoms with Gasteiger partial charge in [0.2, 0.25) is 0 Å². The molecule has 1 heterocycles. The van der Waals surface area contributed by atoms with E-state index in [-0.39, 0.29) is 5.54 Å². The van der Waals surface area contributed by atoms with Crippen molar-refractivity contribution in [2.45, 2.75) is 33.2 Å². The molecule has 2 nitrogen and oxygen atoms in total. The third kappa shape index (κ3) is 2.82. The van der Waals surface area contributed by atoms with Crippen molar-refractivity contribution in [3.8, 4) is 0 Å². The Morgan fingerprint density at radius 2 is 1.93 bits per heavy atom. The SMILES string of the molecule is Cc1ccc(P(Br)N(C)C(C)(C)C)o1. The fourth-order valence-corrected chi connectivity index (χ4v) is 4.17. The molecule has 0 N–H and O–H groups in total. The van der Waals surface area contributed by atoms with Crippen LogP contribution in [0, 0.1) is 6.92 Å². The highest BCUT2D eigenvalue weighted by molar-refractivity contribution is 9.39. The topological polar surface area (TPSA) is 16.4 Å². The standard InChI is InChI=1S/C10H17BrNOP/c1-8-6-7-9(13-8)14(11)12(5)10(2,3)4/h6-7H,1-5H3. The zero-order valence-corrected chi connectivity index (χ0v) is 11.8. The lowest BCUT2D eigenvalue weighted by molar-refractivity contribution is 0.313. The first-order valence-corrected chi connectivity index (χ1v) is 7.90. The van der Waals surface area contributed by atoms with Gasteiger partial charge in [0.15, 0.2) is 5.50 Å². The van der Waals surface area contributed by atoms with Gasteiger partial charge in [0.05, 0.1) is 0 Å². The van der Waals surface area contributed by atoms with E-state index in [9.17, 15) is 0 Å². The highest BCUT2D eigenvalue weighted by atomic mass is 79.9. The Morgan fingerprint density at radius 1 is 1.36 bits per heavy atom. The normalized spacial score (nSPS) is 14.8. The van der Waals surface area contributed by atoms with E-state index in [0.717, 1.165) is 11.3 Å². The van der Waals surface area contributed by atoms with Crippen molar-refractivity contribution in [2.75, 3.05) is 7.05 Å². The molecule has 1 rings (SSSR count). The maximum absolute atomic E-state index is 5.60. The van der Waals surface area contributed by atoms with Crippen LogP contribution in [0.15, 0.2) is 16.5 Å². The van der Waals surface area contributed by atoms with Crippen LogP contribution in [0.5, 0.6) is 0 Å². The van der Waals surface area contributed by atoms with Crippen LogP contribution in [-0.2, 0) is 0 Å². The quantitative estimate of drug-likeness (QED) is 0.768. The maximum atomic E-state index is 5.60. The van der Waals surface area contributed by atoms with Gasteiger partial charge < -0.3 is 4.42 Å². The van der Waals surface area contributed by atoms with Crippen LogP contribution in [0.25, 0.3) is 0 Å². The fourth-order valence-electron chi connectivity index (χ4n) is 0.932. The molecule has 0 saturated heterocycles. The minimum atomic E-state index is -0.525. The number of hydrogen-bond donors (Lipinski definition) is 0. The summed E-state index contributed by atoms with van der Waals surface area (Å²) in [7, 11) is 2.11. The second-order valence-corrected chi connectivity index (χ2v) is 7.92. The summed E-state index contributed by atoms with van der Waals surface area (Å²) in [5.74, 6) is 0.967. The van der Waals surface area contributed by atoms with Gasteiger partial charge in [-0.3, -0.25) is 4.67 Å². The van der Waals surface area contributed by atoms with Crippen LogP contribution in [0.2, 0.25) is 0 Å². The Bertz CT molecular complexity index is 305. The smallest absolute Gasteiger partial charge is 0.152 e. The van der Waals surface area contributed by atoms with E-state index in [0.29, 0.717) is 0 Å². The van der Waals surface area contributed by atoms with Gasteiger partial charge in [0.25, 0.3) is 0 Å². The van der Waals surface area contributed by atoms with Gasteiger partial charge in [-0.25, -0.2) is 0 Å². The van der Waals surface area contributed by atoms with E-state index >= 15 is 0 Å². The van der Waals surface area contributed by atoms with Crippen molar-refractivity contribution in [2.24, 2.45) is 0 Å². The van der Waals surface area contributed by atoms with E-state index in [1.807, 2.05) is 19.1 Å². The number of hydrogen-bond acceptors (Lipinski definition) is 2. The Balaban J connectivity index is 2.80. The monoisotopic (exact) mass is 277 g/mol. The molecular weight excluding hydrogens is 261 g/mol. The van der Waals surface area contributed by atoms with E-state index in [1.165, 1.54) is 0 Å². The molecular formula is C10H17BrNOP. The molecule has 0 aliphatic rings. The molecule has 0 aliphatic heterocycles. The van der Waals surface area contributed by atoms with Crippen LogP contribution in [0.3, 0.4) is 0 Å². The molecule has 0 fully saturated rings. The largest absolute Gasteiger partial charge is 0.460 e. The van der Waals surface area contributed by atoms with E-state index in [2.05, 4.69) is 48.0 Å². The number of rotatable bonds is 2. The summed E-state index contributed by atoms with van der Waals surface area (Å²) in [5.41, 5.74) is 1.17. The Morgan fingerprint density at radius 3 is 2.29 bits per heavy atom. The second kappa shape index (κ2) is 4.34. The van der Waals surface area contributed by atoms with Crippen LogP contribution in [0.1, 0.15) is 26.5 Å². The lowest BCUT2D eigenvalue weighted by Gasteiger charge is -2.34. The van der Waals surface area contributed by atoms with Crippen LogP contribution in [0.4, 0.5) is 0 Å². The predicted octanol–water partition coefficient (Wildman–Crippen LogP) is 3.65. The van der Waals surface area contributed by atoms with Crippen molar-refractivity contribution >= 4 is 27.8 Å². The molecule has 0 bridgehead atoms. The zero-order valence-electron chi connectivity index (χ0n) is 9.34. The fraction of sp³-hybridized carbons (Fsp3) is 0.600. The van der Waals surface area contributed by atoms with E-state index < -0.39 is 6.77 Å². The number of aryl methyl sites for hydroxylation is 1. The Kier molecular flexibility index (Phi) is 3.79. The van der Waals surface area contributed by atoms with Gasteiger partial charge in [-0.2, -0.15) is 0 Å². The molecule has 4 heteroatoms. The molecule has 14 heavy (non-hydrogen) atoms. The first-order chi connectivity index (χ1) is 6.32. The molecule has 1 aromatic heterocycles.